The Balaban J connectivity index is 1.73. The highest BCUT2D eigenvalue weighted by Crippen LogP contribution is 2.40. The van der Waals surface area contributed by atoms with Crippen LogP contribution in [0.5, 0.6) is 0 Å². The van der Waals surface area contributed by atoms with Crippen molar-refractivity contribution in [1.82, 2.24) is 15.2 Å². The molecule has 2 heterocycles. The number of carbonyl (C=O) groups is 2. The molecular formula is C20H22N4O4S. The van der Waals surface area contributed by atoms with Crippen molar-refractivity contribution in [2.75, 3.05) is 13.1 Å². The number of hydrogen-bond donors (Lipinski definition) is 2. The van der Waals surface area contributed by atoms with Gasteiger partial charge in [-0.25, -0.2) is 4.79 Å². The fourth-order valence-corrected chi connectivity index (χ4v) is 4.35. The molecule has 1 aromatic heterocycles. The molecule has 1 saturated heterocycles. The number of amides is 1. The first-order valence-electron chi connectivity index (χ1n) is 9.25. The molecule has 1 atom stereocenters. The normalized spacial score (nSPS) is 17.2. The Morgan fingerprint density at radius 2 is 1.93 bits per heavy atom. The topological polar surface area (TPSA) is 112 Å². The van der Waals surface area contributed by atoms with Crippen molar-refractivity contribution >= 4 is 23.8 Å². The third-order valence-corrected chi connectivity index (χ3v) is 6.22. The molecular weight excluding hydrogens is 392 g/mol. The van der Waals surface area contributed by atoms with Gasteiger partial charge in [-0.1, -0.05) is 30.3 Å². The smallest absolute Gasteiger partial charge is 0.327 e. The Kier molecular flexibility index (Phi) is 6.95. The van der Waals surface area contributed by atoms with Crippen LogP contribution in [0.25, 0.3) is 0 Å². The minimum atomic E-state index is -1.24. The zero-order chi connectivity index (χ0) is 20.7. The number of nitrogens with zero attached hydrogens (tertiary/aromatic N) is 3. The summed E-state index contributed by atoms with van der Waals surface area (Å²) >= 11 is 0.713. The first-order valence-corrected chi connectivity index (χ1v) is 10.0. The average molecular weight is 414 g/mol. The quantitative estimate of drug-likeness (QED) is 0.504. The Morgan fingerprint density at radius 3 is 2.52 bits per heavy atom. The molecule has 3 rings (SSSR count). The number of benzene rings is 1. The molecule has 0 spiro atoms. The van der Waals surface area contributed by atoms with Gasteiger partial charge in [0.25, 0.3) is 5.91 Å². The molecule has 0 bridgehead atoms. The van der Waals surface area contributed by atoms with E-state index in [2.05, 4.69) is 19.8 Å². The van der Waals surface area contributed by atoms with Crippen molar-refractivity contribution in [2.45, 2.75) is 30.2 Å². The molecule has 0 radical (unpaired) electrons. The molecule has 1 amide bonds. The van der Waals surface area contributed by atoms with E-state index in [0.717, 1.165) is 6.54 Å². The van der Waals surface area contributed by atoms with Gasteiger partial charge in [0.15, 0.2) is 0 Å². The molecule has 29 heavy (non-hydrogen) atoms. The van der Waals surface area contributed by atoms with Gasteiger partial charge < -0.3 is 10.4 Å². The molecule has 0 saturated carbocycles. The second-order valence-corrected chi connectivity index (χ2v) is 8.12. The standard InChI is InChI=1S/C20H22N4O4S/c25-18(16-7-4-10-21-13-16)22-17(19(26)27)20(29-23-28)8-11-24(12-9-20)14-15-5-2-1-3-6-15/h1-7,10,13,17H,8-9,11-12,14H2,(H,22,25)(H,26,27). The second kappa shape index (κ2) is 9.62. The molecule has 1 unspecified atom stereocenters. The largest absolute Gasteiger partial charge is 0.480 e. The minimum Gasteiger partial charge on any atom is -0.480 e. The van der Waals surface area contributed by atoms with Crippen LogP contribution < -0.4 is 5.32 Å². The maximum absolute atomic E-state index is 12.5. The van der Waals surface area contributed by atoms with Crippen LogP contribution in [-0.4, -0.2) is 50.7 Å². The third-order valence-electron chi connectivity index (χ3n) is 5.14. The van der Waals surface area contributed by atoms with Crippen molar-refractivity contribution in [1.29, 1.82) is 0 Å². The lowest BCUT2D eigenvalue weighted by Gasteiger charge is -2.42. The van der Waals surface area contributed by atoms with Crippen molar-refractivity contribution in [3.8, 4) is 0 Å². The van der Waals surface area contributed by atoms with E-state index in [-0.39, 0.29) is 5.56 Å². The Bertz CT molecular complexity index is 842. The number of hydrogen-bond acceptors (Lipinski definition) is 7. The van der Waals surface area contributed by atoms with E-state index in [1.165, 1.54) is 18.0 Å². The van der Waals surface area contributed by atoms with Gasteiger partial charge in [0.05, 0.1) is 10.3 Å². The summed E-state index contributed by atoms with van der Waals surface area (Å²) in [4.78, 5) is 41.7. The fraction of sp³-hybridized carbons (Fsp3) is 0.350. The maximum Gasteiger partial charge on any atom is 0.327 e. The number of nitroso groups, excluding NO2 is 1. The van der Waals surface area contributed by atoms with Crippen LogP contribution in [0.4, 0.5) is 0 Å². The highest BCUT2D eigenvalue weighted by atomic mass is 32.2. The predicted octanol–water partition coefficient (Wildman–Crippen LogP) is 2.71. The maximum atomic E-state index is 12.5. The number of aliphatic carboxylic acids is 1. The van der Waals surface area contributed by atoms with E-state index in [4.69, 9.17) is 0 Å². The summed E-state index contributed by atoms with van der Waals surface area (Å²) in [5.41, 5.74) is 1.43. The van der Waals surface area contributed by atoms with Crippen molar-refractivity contribution in [3.63, 3.8) is 0 Å². The fourth-order valence-electron chi connectivity index (χ4n) is 3.57. The van der Waals surface area contributed by atoms with Crippen LogP contribution >= 0.6 is 11.9 Å². The molecule has 2 N–H and O–H groups in total. The lowest BCUT2D eigenvalue weighted by atomic mass is 9.87. The number of pyridine rings is 1. The highest BCUT2D eigenvalue weighted by molar-refractivity contribution is 7.99. The lowest BCUT2D eigenvalue weighted by Crippen LogP contribution is -2.59. The van der Waals surface area contributed by atoms with E-state index in [1.807, 2.05) is 30.3 Å². The third kappa shape index (κ3) is 5.18. The summed E-state index contributed by atoms with van der Waals surface area (Å²) in [6, 6.07) is 11.9. The van der Waals surface area contributed by atoms with Crippen LogP contribution in [0.1, 0.15) is 28.8 Å². The number of rotatable bonds is 8. The Labute approximate surface area is 172 Å². The molecule has 1 aromatic carbocycles. The molecule has 2 aromatic rings. The van der Waals surface area contributed by atoms with Crippen molar-refractivity contribution < 1.29 is 14.7 Å². The molecule has 9 heteroatoms. The zero-order valence-corrected chi connectivity index (χ0v) is 16.5. The van der Waals surface area contributed by atoms with Gasteiger partial charge in [-0.05, 0) is 43.6 Å². The summed E-state index contributed by atoms with van der Waals surface area (Å²) in [6.07, 6.45) is 3.73. The van der Waals surface area contributed by atoms with E-state index < -0.39 is 22.7 Å². The van der Waals surface area contributed by atoms with Crippen LogP contribution in [0.2, 0.25) is 0 Å². The van der Waals surface area contributed by atoms with Gasteiger partial charge in [0, 0.05) is 35.5 Å². The van der Waals surface area contributed by atoms with E-state index in [0.29, 0.717) is 37.9 Å². The first-order chi connectivity index (χ1) is 14.0. The van der Waals surface area contributed by atoms with Crippen molar-refractivity contribution in [2.24, 2.45) is 4.58 Å². The van der Waals surface area contributed by atoms with Crippen LogP contribution in [0, 0.1) is 4.91 Å². The Morgan fingerprint density at radius 1 is 1.21 bits per heavy atom. The van der Waals surface area contributed by atoms with E-state index in [1.54, 1.807) is 12.1 Å². The minimum absolute atomic E-state index is 0.263. The van der Waals surface area contributed by atoms with E-state index in [9.17, 15) is 19.6 Å². The summed E-state index contributed by atoms with van der Waals surface area (Å²) < 4.78 is 1.94. The molecule has 1 fully saturated rings. The van der Waals surface area contributed by atoms with E-state index >= 15 is 0 Å². The van der Waals surface area contributed by atoms with Gasteiger partial charge in [0.2, 0.25) is 0 Å². The number of carboxylic acid groups (broad SMARTS) is 1. The van der Waals surface area contributed by atoms with Gasteiger partial charge in [0.1, 0.15) is 6.04 Å². The van der Waals surface area contributed by atoms with Crippen LogP contribution in [-0.2, 0) is 11.3 Å². The van der Waals surface area contributed by atoms with Gasteiger partial charge in [-0.15, -0.1) is 4.91 Å². The van der Waals surface area contributed by atoms with Gasteiger partial charge >= 0.3 is 5.97 Å². The lowest BCUT2D eigenvalue weighted by molar-refractivity contribution is -0.140. The second-order valence-electron chi connectivity index (χ2n) is 6.98. The predicted molar refractivity (Wildman–Crippen MR) is 110 cm³/mol. The van der Waals surface area contributed by atoms with Crippen LogP contribution in [0.15, 0.2) is 59.4 Å². The molecule has 1 aliphatic rings. The number of nitrogens with one attached hydrogen (secondary N) is 1. The first kappa shape index (κ1) is 20.9. The molecule has 8 nitrogen and oxygen atoms in total. The summed E-state index contributed by atoms with van der Waals surface area (Å²) in [5, 5.41) is 12.4. The van der Waals surface area contributed by atoms with Crippen molar-refractivity contribution in [3.05, 3.63) is 70.9 Å². The molecule has 0 aliphatic carbocycles. The van der Waals surface area contributed by atoms with Crippen LogP contribution in [0.3, 0.4) is 0 Å². The number of aromatic nitrogens is 1. The molecule has 152 valence electrons. The highest BCUT2D eigenvalue weighted by Gasteiger charge is 2.48. The summed E-state index contributed by atoms with van der Waals surface area (Å²) in [6.45, 7) is 1.95. The molecule has 1 aliphatic heterocycles. The number of carbonyl (C=O) groups excluding carboxylic acids is 1. The summed E-state index contributed by atoms with van der Waals surface area (Å²) in [5.74, 6) is -1.72. The summed E-state index contributed by atoms with van der Waals surface area (Å²) in [7, 11) is 0. The Hall–Kier alpha value is -2.78. The number of likely N-dealkylation sites (tertiary alicyclic amines) is 1. The van der Waals surface area contributed by atoms with Gasteiger partial charge in [-0.2, -0.15) is 0 Å². The van der Waals surface area contributed by atoms with Gasteiger partial charge in [-0.3, -0.25) is 14.7 Å². The number of piperidine rings is 1. The SMILES string of the molecule is O=NSC1(C(NC(=O)c2cccnc2)C(=O)O)CCN(Cc2ccccc2)CC1. The average Bonchev–Trinajstić information content (AvgIpc) is 2.75. The zero-order valence-electron chi connectivity index (χ0n) is 15.7. The number of carboxylic acids is 1. The monoisotopic (exact) mass is 414 g/mol.